The lowest BCUT2D eigenvalue weighted by atomic mass is 10.1. The molecule has 0 atom stereocenters. The van der Waals surface area contributed by atoms with Crippen LogP contribution >= 0.6 is 11.6 Å². The van der Waals surface area contributed by atoms with Crippen molar-refractivity contribution < 1.29 is 22.7 Å². The molecule has 0 spiro atoms. The molecule has 0 saturated carbocycles. The molecule has 7 nitrogen and oxygen atoms in total. The third kappa shape index (κ3) is 5.45. The second-order valence-corrected chi connectivity index (χ2v) is 8.11. The Kier molecular flexibility index (Phi) is 6.45. The molecule has 0 heterocycles. The average Bonchev–Trinajstić information content (AvgIpc) is 2.59. The Morgan fingerprint density at radius 1 is 1.19 bits per heavy atom. The molecular weight excluding hydrogens is 392 g/mol. The van der Waals surface area contributed by atoms with Crippen molar-refractivity contribution in [3.8, 4) is 5.75 Å². The largest absolute Gasteiger partial charge is 0.495 e. The van der Waals surface area contributed by atoms with E-state index >= 15 is 0 Å². The first-order valence-corrected chi connectivity index (χ1v) is 10.1. The number of Topliss-reactive ketones (excluding diaryl/α,β-unsaturated/α-hetero) is 1. The van der Waals surface area contributed by atoms with E-state index in [-0.39, 0.29) is 11.5 Å². The molecule has 2 rings (SSSR count). The molecule has 0 aromatic heterocycles. The van der Waals surface area contributed by atoms with Gasteiger partial charge in [-0.2, -0.15) is 0 Å². The molecule has 1 N–H and O–H groups in total. The minimum atomic E-state index is -3.77. The summed E-state index contributed by atoms with van der Waals surface area (Å²) >= 11 is 5.93. The van der Waals surface area contributed by atoms with Crippen molar-refractivity contribution in [2.45, 2.75) is 6.92 Å². The lowest BCUT2D eigenvalue weighted by Gasteiger charge is -2.22. The predicted molar refractivity (Wildman–Crippen MR) is 105 cm³/mol. The summed E-state index contributed by atoms with van der Waals surface area (Å²) in [5.41, 5.74) is 0.886. The van der Waals surface area contributed by atoms with Gasteiger partial charge >= 0.3 is 0 Å². The van der Waals surface area contributed by atoms with Crippen molar-refractivity contribution in [1.29, 1.82) is 0 Å². The van der Waals surface area contributed by atoms with Gasteiger partial charge in [-0.1, -0.05) is 23.7 Å². The molecule has 0 aliphatic rings. The Hall–Kier alpha value is -2.58. The second-order valence-electron chi connectivity index (χ2n) is 5.77. The fourth-order valence-electron chi connectivity index (χ4n) is 2.38. The number of carbonyl (C=O) groups is 2. The van der Waals surface area contributed by atoms with Gasteiger partial charge in [-0.05, 0) is 37.3 Å². The number of rotatable bonds is 7. The van der Waals surface area contributed by atoms with Crippen LogP contribution in [0.3, 0.4) is 0 Å². The van der Waals surface area contributed by atoms with Crippen LogP contribution in [0.5, 0.6) is 5.75 Å². The lowest BCUT2D eigenvalue weighted by molar-refractivity contribution is -0.114. The molecule has 0 saturated heterocycles. The van der Waals surface area contributed by atoms with E-state index in [0.29, 0.717) is 22.0 Å². The van der Waals surface area contributed by atoms with Gasteiger partial charge in [0.05, 0.1) is 24.7 Å². The van der Waals surface area contributed by atoms with Gasteiger partial charge in [0.25, 0.3) is 0 Å². The van der Waals surface area contributed by atoms with E-state index in [0.717, 1.165) is 10.6 Å². The van der Waals surface area contributed by atoms with Crippen LogP contribution in [0, 0.1) is 0 Å². The molecule has 0 radical (unpaired) electrons. The third-order valence-corrected chi connectivity index (χ3v) is 5.04. The molecule has 27 heavy (non-hydrogen) atoms. The number of halogens is 1. The van der Waals surface area contributed by atoms with Gasteiger partial charge < -0.3 is 10.1 Å². The van der Waals surface area contributed by atoms with Gasteiger partial charge in [0, 0.05) is 10.6 Å². The summed E-state index contributed by atoms with van der Waals surface area (Å²) < 4.78 is 30.5. The number of anilines is 2. The Morgan fingerprint density at radius 2 is 1.89 bits per heavy atom. The number of hydrogen-bond acceptors (Lipinski definition) is 5. The Morgan fingerprint density at radius 3 is 2.48 bits per heavy atom. The van der Waals surface area contributed by atoms with Gasteiger partial charge in [0.2, 0.25) is 15.9 Å². The van der Waals surface area contributed by atoms with E-state index in [1.165, 1.54) is 32.2 Å². The van der Waals surface area contributed by atoms with Crippen molar-refractivity contribution in [2.24, 2.45) is 0 Å². The number of ketones is 1. The fraction of sp³-hybridized carbons (Fsp3) is 0.222. The third-order valence-electron chi connectivity index (χ3n) is 3.66. The minimum Gasteiger partial charge on any atom is -0.495 e. The van der Waals surface area contributed by atoms with Crippen LogP contribution in [0.25, 0.3) is 0 Å². The molecule has 144 valence electrons. The number of ether oxygens (including phenoxy) is 1. The highest BCUT2D eigenvalue weighted by molar-refractivity contribution is 7.92. The van der Waals surface area contributed by atoms with Crippen LogP contribution in [0.1, 0.15) is 17.3 Å². The molecule has 2 aromatic carbocycles. The van der Waals surface area contributed by atoms with Gasteiger partial charge in [-0.15, -0.1) is 0 Å². The number of sulfonamides is 1. The van der Waals surface area contributed by atoms with Crippen molar-refractivity contribution in [2.75, 3.05) is 29.5 Å². The van der Waals surface area contributed by atoms with Gasteiger partial charge in [-0.3, -0.25) is 13.9 Å². The summed E-state index contributed by atoms with van der Waals surface area (Å²) in [6, 6.07) is 10.8. The Bertz CT molecular complexity index is 975. The van der Waals surface area contributed by atoms with Crippen molar-refractivity contribution in [3.05, 3.63) is 53.1 Å². The van der Waals surface area contributed by atoms with Crippen LogP contribution in [0.4, 0.5) is 11.4 Å². The molecule has 0 fully saturated rings. The number of nitrogens with zero attached hydrogens (tertiary/aromatic N) is 1. The number of methoxy groups -OCH3 is 1. The maximum Gasteiger partial charge on any atom is 0.245 e. The Balaban J connectivity index is 2.30. The van der Waals surface area contributed by atoms with E-state index in [1.807, 2.05) is 0 Å². The van der Waals surface area contributed by atoms with Crippen molar-refractivity contribution >= 4 is 44.7 Å². The summed E-state index contributed by atoms with van der Waals surface area (Å²) in [5, 5.41) is 2.98. The summed E-state index contributed by atoms with van der Waals surface area (Å²) in [6.07, 6.45) is 0.987. The van der Waals surface area contributed by atoms with Gasteiger partial charge in [0.15, 0.2) is 5.78 Å². The van der Waals surface area contributed by atoms with E-state index in [1.54, 1.807) is 24.3 Å². The highest BCUT2D eigenvalue weighted by Gasteiger charge is 2.22. The maximum atomic E-state index is 12.5. The quantitative estimate of drug-likeness (QED) is 0.708. The normalized spacial score (nSPS) is 11.0. The average molecular weight is 411 g/mol. The molecule has 9 heteroatoms. The first kappa shape index (κ1) is 20.7. The minimum absolute atomic E-state index is 0.210. The smallest absolute Gasteiger partial charge is 0.245 e. The zero-order chi connectivity index (χ0) is 20.2. The number of amides is 1. The SMILES string of the molecule is COc1ccc(Cl)cc1NC(=O)CN(c1cccc(C(C)=O)c1)S(C)(=O)=O. The maximum absolute atomic E-state index is 12.5. The highest BCUT2D eigenvalue weighted by atomic mass is 35.5. The van der Waals surface area contributed by atoms with Gasteiger partial charge in [0.1, 0.15) is 12.3 Å². The zero-order valence-corrected chi connectivity index (χ0v) is 16.6. The molecule has 1 amide bonds. The van der Waals surface area contributed by atoms with E-state index in [9.17, 15) is 18.0 Å². The monoisotopic (exact) mass is 410 g/mol. The number of carbonyl (C=O) groups excluding carboxylic acids is 2. The molecule has 2 aromatic rings. The van der Waals surface area contributed by atoms with E-state index in [2.05, 4.69) is 5.32 Å². The van der Waals surface area contributed by atoms with E-state index in [4.69, 9.17) is 16.3 Å². The second kappa shape index (κ2) is 8.41. The zero-order valence-electron chi connectivity index (χ0n) is 15.0. The van der Waals surface area contributed by atoms with E-state index < -0.39 is 22.5 Å². The Labute approximate surface area is 162 Å². The number of benzene rings is 2. The van der Waals surface area contributed by atoms with Crippen molar-refractivity contribution in [1.82, 2.24) is 0 Å². The topological polar surface area (TPSA) is 92.8 Å². The summed E-state index contributed by atoms with van der Waals surface area (Å²) in [7, 11) is -2.33. The summed E-state index contributed by atoms with van der Waals surface area (Å²) in [5.74, 6) is -0.412. The molecule has 0 aliphatic carbocycles. The van der Waals surface area contributed by atoms with Crippen LogP contribution in [-0.2, 0) is 14.8 Å². The summed E-state index contributed by atoms with van der Waals surface area (Å²) in [6.45, 7) is 0.901. The molecule has 0 aliphatic heterocycles. The first-order valence-electron chi connectivity index (χ1n) is 7.84. The standard InChI is InChI=1S/C18H19ClN2O5S/c1-12(22)13-5-4-6-15(9-13)21(27(3,24)25)11-18(23)20-16-10-14(19)7-8-17(16)26-2/h4-10H,11H2,1-3H3,(H,20,23). The molecular formula is C18H19ClN2O5S. The number of nitrogens with one attached hydrogen (secondary N) is 1. The van der Waals surface area contributed by atoms with Crippen LogP contribution in [0.2, 0.25) is 5.02 Å². The fourth-order valence-corrected chi connectivity index (χ4v) is 3.40. The van der Waals surface area contributed by atoms with Gasteiger partial charge in [-0.25, -0.2) is 8.42 Å². The number of hydrogen-bond donors (Lipinski definition) is 1. The van der Waals surface area contributed by atoms with Crippen LogP contribution < -0.4 is 14.4 Å². The predicted octanol–water partition coefficient (Wildman–Crippen LogP) is 2.96. The highest BCUT2D eigenvalue weighted by Crippen LogP contribution is 2.28. The van der Waals surface area contributed by atoms with Crippen LogP contribution in [0.15, 0.2) is 42.5 Å². The summed E-state index contributed by atoms with van der Waals surface area (Å²) in [4.78, 5) is 24.0. The molecule has 0 bridgehead atoms. The molecule has 0 unspecified atom stereocenters. The van der Waals surface area contributed by atoms with Crippen molar-refractivity contribution in [3.63, 3.8) is 0 Å². The van der Waals surface area contributed by atoms with Crippen LogP contribution in [-0.4, -0.2) is 40.0 Å². The first-order chi connectivity index (χ1) is 12.6. The lowest BCUT2D eigenvalue weighted by Crippen LogP contribution is -2.37.